The summed E-state index contributed by atoms with van der Waals surface area (Å²) in [5.74, 6) is 0. The third-order valence-corrected chi connectivity index (χ3v) is 2.03. The fraction of sp³-hybridized carbons (Fsp3) is 0.300. The molecule has 0 amide bonds. The number of nitrogens with zero attached hydrogens (tertiary/aromatic N) is 3. The van der Waals surface area contributed by atoms with Gasteiger partial charge >= 0.3 is 5.69 Å². The molecule has 0 radical (unpaired) electrons. The van der Waals surface area contributed by atoms with Gasteiger partial charge in [-0.25, -0.2) is 0 Å². The molecule has 1 aromatic rings. The summed E-state index contributed by atoms with van der Waals surface area (Å²) in [6, 6.07) is 1.55. The van der Waals surface area contributed by atoms with Crippen LogP contribution in [0.25, 0.3) is 0 Å². The number of anilines is 1. The van der Waals surface area contributed by atoms with Gasteiger partial charge in [0, 0.05) is 19.3 Å². The molecule has 0 saturated heterocycles. The van der Waals surface area contributed by atoms with Crippen LogP contribution in [0.1, 0.15) is 0 Å². The zero-order valence-corrected chi connectivity index (χ0v) is 8.74. The summed E-state index contributed by atoms with van der Waals surface area (Å²) in [4.78, 5) is 15.7. The average Bonchev–Trinajstić information content (AvgIpc) is 2.29. The molecule has 0 fully saturated rings. The smallest absolute Gasteiger partial charge is 0.310 e. The van der Waals surface area contributed by atoms with Crippen molar-refractivity contribution in [2.24, 2.45) is 0 Å². The molecule has 1 rings (SSSR count). The lowest BCUT2D eigenvalue weighted by atomic mass is 10.3. The number of aliphatic hydroxyl groups is 1. The topological polar surface area (TPSA) is 79.5 Å². The van der Waals surface area contributed by atoms with Crippen molar-refractivity contribution in [3.8, 4) is 0 Å². The Bertz CT molecular complexity index is 381. The first-order valence-corrected chi connectivity index (χ1v) is 4.75. The molecule has 0 unspecified atom stereocenters. The molecule has 0 bridgehead atoms. The maximum absolute atomic E-state index is 10.8. The van der Waals surface area contributed by atoms with Crippen molar-refractivity contribution in [3.05, 3.63) is 41.2 Å². The molecule has 1 heterocycles. The normalized spacial score (nSPS) is 9.81. The van der Waals surface area contributed by atoms with Crippen molar-refractivity contribution in [1.82, 2.24) is 4.98 Å². The summed E-state index contributed by atoms with van der Waals surface area (Å²) in [7, 11) is 0. The van der Waals surface area contributed by atoms with E-state index in [1.165, 1.54) is 12.4 Å². The maximum atomic E-state index is 10.8. The summed E-state index contributed by atoms with van der Waals surface area (Å²) < 4.78 is 0. The van der Waals surface area contributed by atoms with Crippen molar-refractivity contribution >= 4 is 11.4 Å². The molecule has 0 saturated carbocycles. The van der Waals surface area contributed by atoms with Gasteiger partial charge in [-0.05, 0) is 6.07 Å². The number of aliphatic hydroxyl groups excluding tert-OH is 1. The second-order valence-electron chi connectivity index (χ2n) is 3.08. The van der Waals surface area contributed by atoms with Crippen molar-refractivity contribution in [1.29, 1.82) is 0 Å². The Balaban J connectivity index is 3.06. The Labute approximate surface area is 93.0 Å². The summed E-state index contributed by atoms with van der Waals surface area (Å²) in [6.45, 7) is 4.25. The van der Waals surface area contributed by atoms with Gasteiger partial charge in [0.2, 0.25) is 0 Å². The van der Waals surface area contributed by atoms with E-state index in [4.69, 9.17) is 5.11 Å². The highest BCUT2D eigenvalue weighted by Gasteiger charge is 2.17. The van der Waals surface area contributed by atoms with Gasteiger partial charge in [-0.1, -0.05) is 6.08 Å². The number of rotatable bonds is 6. The number of aromatic nitrogens is 1. The Morgan fingerprint density at radius 1 is 1.69 bits per heavy atom. The van der Waals surface area contributed by atoms with E-state index in [0.717, 1.165) is 0 Å². The molecule has 0 aliphatic rings. The zero-order valence-electron chi connectivity index (χ0n) is 8.74. The fourth-order valence-electron chi connectivity index (χ4n) is 1.37. The van der Waals surface area contributed by atoms with Crippen LogP contribution in [0.5, 0.6) is 0 Å². The molecular weight excluding hydrogens is 210 g/mol. The Kier molecular flexibility index (Phi) is 4.41. The number of hydrogen-bond acceptors (Lipinski definition) is 5. The molecule has 0 spiro atoms. The van der Waals surface area contributed by atoms with Crippen LogP contribution < -0.4 is 4.90 Å². The summed E-state index contributed by atoms with van der Waals surface area (Å²) in [5.41, 5.74) is 0.367. The van der Waals surface area contributed by atoms with E-state index in [-0.39, 0.29) is 12.3 Å². The van der Waals surface area contributed by atoms with Crippen LogP contribution in [-0.2, 0) is 0 Å². The largest absolute Gasteiger partial charge is 0.395 e. The molecule has 0 aliphatic carbocycles. The SMILES string of the molecule is C=CCN(CCO)c1ccncc1[N+](=O)[O-]. The van der Waals surface area contributed by atoms with Crippen LogP contribution in [0, 0.1) is 10.1 Å². The third-order valence-electron chi connectivity index (χ3n) is 2.03. The van der Waals surface area contributed by atoms with Crippen LogP contribution in [0.3, 0.4) is 0 Å². The highest BCUT2D eigenvalue weighted by Crippen LogP contribution is 2.26. The van der Waals surface area contributed by atoms with Gasteiger partial charge in [0.15, 0.2) is 0 Å². The van der Waals surface area contributed by atoms with Crippen LogP contribution in [0.15, 0.2) is 31.1 Å². The molecule has 16 heavy (non-hydrogen) atoms. The van der Waals surface area contributed by atoms with E-state index < -0.39 is 4.92 Å². The standard InChI is InChI=1S/C10H13N3O3/c1-2-5-12(6-7-14)9-3-4-11-8-10(9)13(15)16/h2-4,8,14H,1,5-7H2. The molecule has 0 aromatic carbocycles. The number of nitro groups is 1. The number of hydrogen-bond donors (Lipinski definition) is 1. The predicted molar refractivity (Wildman–Crippen MR) is 60.4 cm³/mol. The Hall–Kier alpha value is -1.95. The van der Waals surface area contributed by atoms with E-state index in [1.807, 2.05) is 0 Å². The lowest BCUT2D eigenvalue weighted by Crippen LogP contribution is -2.27. The minimum atomic E-state index is -0.490. The molecule has 6 heteroatoms. The van der Waals surface area contributed by atoms with E-state index >= 15 is 0 Å². The van der Waals surface area contributed by atoms with Gasteiger partial charge < -0.3 is 10.0 Å². The van der Waals surface area contributed by atoms with Gasteiger partial charge in [0.25, 0.3) is 0 Å². The van der Waals surface area contributed by atoms with Crippen molar-refractivity contribution < 1.29 is 10.0 Å². The lowest BCUT2D eigenvalue weighted by Gasteiger charge is -2.21. The van der Waals surface area contributed by atoms with Gasteiger partial charge in [0.05, 0.1) is 11.5 Å². The first-order valence-electron chi connectivity index (χ1n) is 4.75. The molecule has 0 aliphatic heterocycles. The second-order valence-corrected chi connectivity index (χ2v) is 3.08. The Morgan fingerprint density at radius 3 is 3.00 bits per heavy atom. The van der Waals surface area contributed by atoms with E-state index in [9.17, 15) is 10.1 Å². The van der Waals surface area contributed by atoms with Crippen LogP contribution >= 0.6 is 0 Å². The predicted octanol–water partition coefficient (Wildman–Crippen LogP) is 0.974. The monoisotopic (exact) mass is 223 g/mol. The highest BCUT2D eigenvalue weighted by atomic mass is 16.6. The molecule has 6 nitrogen and oxygen atoms in total. The van der Waals surface area contributed by atoms with E-state index in [0.29, 0.717) is 18.8 Å². The third kappa shape index (κ3) is 2.77. The fourth-order valence-corrected chi connectivity index (χ4v) is 1.37. The van der Waals surface area contributed by atoms with Crippen molar-refractivity contribution in [2.75, 3.05) is 24.6 Å². The summed E-state index contributed by atoms with van der Waals surface area (Å²) in [5, 5.41) is 19.7. The molecule has 1 N–H and O–H groups in total. The summed E-state index contributed by atoms with van der Waals surface area (Å²) >= 11 is 0. The van der Waals surface area contributed by atoms with Gasteiger partial charge in [0.1, 0.15) is 11.9 Å². The molecular formula is C10H13N3O3. The van der Waals surface area contributed by atoms with Gasteiger partial charge in [-0.15, -0.1) is 6.58 Å². The maximum Gasteiger partial charge on any atom is 0.310 e. The average molecular weight is 223 g/mol. The summed E-state index contributed by atoms with van der Waals surface area (Å²) in [6.07, 6.45) is 4.30. The van der Waals surface area contributed by atoms with Gasteiger partial charge in [-0.2, -0.15) is 0 Å². The molecule has 0 atom stereocenters. The second kappa shape index (κ2) is 5.82. The van der Waals surface area contributed by atoms with Crippen molar-refractivity contribution in [3.63, 3.8) is 0 Å². The minimum absolute atomic E-state index is 0.0715. The molecule has 86 valence electrons. The first kappa shape index (κ1) is 12.1. The van der Waals surface area contributed by atoms with E-state index in [1.54, 1.807) is 17.0 Å². The van der Waals surface area contributed by atoms with Crippen LogP contribution in [0.4, 0.5) is 11.4 Å². The first-order chi connectivity index (χ1) is 7.70. The van der Waals surface area contributed by atoms with Crippen LogP contribution in [-0.4, -0.2) is 34.7 Å². The zero-order chi connectivity index (χ0) is 12.0. The lowest BCUT2D eigenvalue weighted by molar-refractivity contribution is -0.384. The van der Waals surface area contributed by atoms with Gasteiger partial charge in [-0.3, -0.25) is 15.1 Å². The highest BCUT2D eigenvalue weighted by molar-refractivity contribution is 5.61. The number of pyridine rings is 1. The van der Waals surface area contributed by atoms with E-state index in [2.05, 4.69) is 11.6 Å². The Morgan fingerprint density at radius 2 is 2.44 bits per heavy atom. The van der Waals surface area contributed by atoms with Crippen LogP contribution in [0.2, 0.25) is 0 Å². The molecule has 1 aromatic heterocycles. The quantitative estimate of drug-likeness (QED) is 0.441. The van der Waals surface area contributed by atoms with Crippen molar-refractivity contribution in [2.45, 2.75) is 0 Å². The minimum Gasteiger partial charge on any atom is -0.395 e.